The molecule has 1 atom stereocenters. The number of nitrogens with zero attached hydrogens (tertiary/aromatic N) is 2. The lowest BCUT2D eigenvalue weighted by atomic mass is 10.1. The predicted octanol–water partition coefficient (Wildman–Crippen LogP) is 3.42. The van der Waals surface area contributed by atoms with Crippen molar-refractivity contribution in [2.24, 2.45) is 0 Å². The molecule has 1 aliphatic rings. The van der Waals surface area contributed by atoms with Crippen LogP contribution in [0.3, 0.4) is 0 Å². The summed E-state index contributed by atoms with van der Waals surface area (Å²) in [6, 6.07) is 16.6. The summed E-state index contributed by atoms with van der Waals surface area (Å²) in [7, 11) is 0. The van der Waals surface area contributed by atoms with Crippen molar-refractivity contribution in [2.75, 3.05) is 19.7 Å². The zero-order valence-corrected chi connectivity index (χ0v) is 17.5. The average molecular weight is 437 g/mol. The summed E-state index contributed by atoms with van der Waals surface area (Å²) < 4.78 is 24.0. The highest BCUT2D eigenvalue weighted by Gasteiger charge is 2.24. The number of amides is 2. The van der Waals surface area contributed by atoms with Crippen molar-refractivity contribution in [3.05, 3.63) is 77.7 Å². The highest BCUT2D eigenvalue weighted by atomic mass is 19.1. The van der Waals surface area contributed by atoms with Crippen LogP contribution in [0, 0.1) is 5.82 Å². The largest absolute Gasteiger partial charge is 0.376 e. The number of ether oxygens (including phenoxy) is 1. The minimum atomic E-state index is -0.432. The van der Waals surface area contributed by atoms with Gasteiger partial charge < -0.3 is 19.5 Å². The zero-order chi connectivity index (χ0) is 22.3. The Morgan fingerprint density at radius 1 is 1.12 bits per heavy atom. The lowest BCUT2D eigenvalue weighted by Gasteiger charge is -2.22. The summed E-state index contributed by atoms with van der Waals surface area (Å²) in [5, 5.41) is 6.73. The molecular weight excluding hydrogens is 413 g/mol. The van der Waals surface area contributed by atoms with Gasteiger partial charge in [-0.1, -0.05) is 35.5 Å². The van der Waals surface area contributed by atoms with Gasteiger partial charge in [-0.2, -0.15) is 0 Å². The molecule has 7 nitrogen and oxygen atoms in total. The normalized spacial score (nSPS) is 15.5. The molecule has 32 heavy (non-hydrogen) atoms. The number of carbonyl (C=O) groups is 2. The van der Waals surface area contributed by atoms with Crippen LogP contribution in [0.1, 0.15) is 28.9 Å². The molecule has 1 N–H and O–H groups in total. The molecule has 1 fully saturated rings. The van der Waals surface area contributed by atoms with Gasteiger partial charge in [0.15, 0.2) is 11.5 Å². The molecule has 1 saturated heterocycles. The van der Waals surface area contributed by atoms with Crippen molar-refractivity contribution < 1.29 is 23.2 Å². The smallest absolute Gasteiger partial charge is 0.276 e. The minimum absolute atomic E-state index is 0.0195. The van der Waals surface area contributed by atoms with Crippen LogP contribution in [0.15, 0.2) is 65.2 Å². The van der Waals surface area contributed by atoms with Crippen molar-refractivity contribution in [1.82, 2.24) is 15.4 Å². The van der Waals surface area contributed by atoms with E-state index in [1.165, 1.54) is 23.1 Å². The molecular formula is C24H24FN3O4. The quantitative estimate of drug-likeness (QED) is 0.584. The van der Waals surface area contributed by atoms with E-state index in [2.05, 4.69) is 10.5 Å². The highest BCUT2D eigenvalue weighted by Crippen LogP contribution is 2.21. The van der Waals surface area contributed by atoms with Crippen LogP contribution in [0.2, 0.25) is 0 Å². The third-order valence-corrected chi connectivity index (χ3v) is 5.25. The molecule has 0 aliphatic carbocycles. The van der Waals surface area contributed by atoms with Crippen LogP contribution in [0.5, 0.6) is 0 Å². The molecule has 0 radical (unpaired) electrons. The molecule has 1 aliphatic heterocycles. The maximum atomic E-state index is 13.2. The molecule has 2 heterocycles. The van der Waals surface area contributed by atoms with Crippen molar-refractivity contribution >= 4 is 11.8 Å². The van der Waals surface area contributed by atoms with E-state index in [1.807, 2.05) is 30.3 Å². The van der Waals surface area contributed by atoms with Gasteiger partial charge in [0.05, 0.1) is 6.10 Å². The van der Waals surface area contributed by atoms with Crippen LogP contribution in [0.4, 0.5) is 4.39 Å². The second-order valence-corrected chi connectivity index (χ2v) is 7.67. The first kappa shape index (κ1) is 21.7. The Morgan fingerprint density at radius 2 is 1.91 bits per heavy atom. The molecule has 4 rings (SSSR count). The van der Waals surface area contributed by atoms with E-state index in [9.17, 15) is 14.0 Å². The fraction of sp³-hybridized carbons (Fsp3) is 0.292. The van der Waals surface area contributed by atoms with Gasteiger partial charge in [-0.05, 0) is 42.7 Å². The summed E-state index contributed by atoms with van der Waals surface area (Å²) in [6.45, 7) is 1.25. The van der Waals surface area contributed by atoms with Gasteiger partial charge in [-0.15, -0.1) is 0 Å². The van der Waals surface area contributed by atoms with Gasteiger partial charge >= 0.3 is 0 Å². The van der Waals surface area contributed by atoms with Crippen LogP contribution in [-0.4, -0.2) is 47.7 Å². The number of benzene rings is 2. The van der Waals surface area contributed by atoms with Crippen LogP contribution in [0.25, 0.3) is 11.3 Å². The number of aromatic nitrogens is 1. The fourth-order valence-corrected chi connectivity index (χ4v) is 3.55. The fourth-order valence-electron chi connectivity index (χ4n) is 3.55. The molecule has 2 aromatic carbocycles. The van der Waals surface area contributed by atoms with E-state index in [1.54, 1.807) is 12.1 Å². The van der Waals surface area contributed by atoms with Gasteiger partial charge in [0.2, 0.25) is 5.91 Å². The van der Waals surface area contributed by atoms with Crippen molar-refractivity contribution in [3.8, 4) is 11.3 Å². The predicted molar refractivity (Wildman–Crippen MR) is 115 cm³/mol. The number of hydrogen-bond acceptors (Lipinski definition) is 5. The van der Waals surface area contributed by atoms with Crippen molar-refractivity contribution in [3.63, 3.8) is 0 Å². The Bertz CT molecular complexity index is 1050. The van der Waals surface area contributed by atoms with Gasteiger partial charge in [0.1, 0.15) is 12.4 Å². The minimum Gasteiger partial charge on any atom is -0.376 e. The Hall–Kier alpha value is -3.52. The third-order valence-electron chi connectivity index (χ3n) is 5.25. The number of halogens is 1. The number of nitrogens with one attached hydrogen (secondary N) is 1. The topological polar surface area (TPSA) is 84.7 Å². The number of hydrogen-bond donors (Lipinski definition) is 1. The molecule has 0 saturated carbocycles. The van der Waals surface area contributed by atoms with Crippen LogP contribution < -0.4 is 5.32 Å². The van der Waals surface area contributed by atoms with E-state index < -0.39 is 5.91 Å². The second kappa shape index (κ2) is 10.2. The molecule has 1 unspecified atom stereocenters. The Balaban J connectivity index is 1.47. The summed E-state index contributed by atoms with van der Waals surface area (Å²) in [4.78, 5) is 27.2. The van der Waals surface area contributed by atoms with Gasteiger partial charge in [0, 0.05) is 31.3 Å². The summed E-state index contributed by atoms with van der Waals surface area (Å²) in [5.74, 6) is -0.728. The van der Waals surface area contributed by atoms with Gasteiger partial charge in [0.25, 0.3) is 5.91 Å². The SMILES string of the molecule is O=C(CN(Cc1ccccc1)C(=O)c1cc(-c2ccc(F)cc2)on1)NCC1CCCO1. The number of carbonyl (C=O) groups excluding carboxylic acids is 2. The first-order chi connectivity index (χ1) is 15.6. The third kappa shape index (κ3) is 5.59. The average Bonchev–Trinajstić information content (AvgIpc) is 3.50. The Kier molecular flexibility index (Phi) is 6.91. The molecule has 0 bridgehead atoms. The van der Waals surface area contributed by atoms with E-state index in [-0.39, 0.29) is 36.6 Å². The first-order valence-electron chi connectivity index (χ1n) is 10.5. The van der Waals surface area contributed by atoms with Crippen LogP contribution >= 0.6 is 0 Å². The maximum absolute atomic E-state index is 13.2. The zero-order valence-electron chi connectivity index (χ0n) is 17.5. The Morgan fingerprint density at radius 3 is 2.62 bits per heavy atom. The molecule has 0 spiro atoms. The standard InChI is InChI=1S/C24H24FN3O4/c25-19-10-8-18(9-11-19)22-13-21(27-32-22)24(30)28(15-17-5-2-1-3-6-17)16-23(29)26-14-20-7-4-12-31-20/h1-3,5-6,8-11,13,20H,4,7,12,14-16H2,(H,26,29). The lowest BCUT2D eigenvalue weighted by Crippen LogP contribution is -2.42. The van der Waals surface area contributed by atoms with E-state index in [0.717, 1.165) is 18.4 Å². The Labute approximate surface area is 185 Å². The van der Waals surface area contributed by atoms with Crippen molar-refractivity contribution in [2.45, 2.75) is 25.5 Å². The molecule has 1 aromatic heterocycles. The summed E-state index contributed by atoms with van der Waals surface area (Å²) in [5.41, 5.74) is 1.56. The van der Waals surface area contributed by atoms with Gasteiger partial charge in [-0.3, -0.25) is 9.59 Å². The van der Waals surface area contributed by atoms with Gasteiger partial charge in [-0.25, -0.2) is 4.39 Å². The maximum Gasteiger partial charge on any atom is 0.276 e. The second-order valence-electron chi connectivity index (χ2n) is 7.67. The molecule has 166 valence electrons. The molecule has 2 amide bonds. The van der Waals surface area contributed by atoms with E-state index in [4.69, 9.17) is 9.26 Å². The lowest BCUT2D eigenvalue weighted by molar-refractivity contribution is -0.122. The molecule has 8 heteroatoms. The highest BCUT2D eigenvalue weighted by molar-refractivity contribution is 5.95. The summed E-state index contributed by atoms with van der Waals surface area (Å²) >= 11 is 0. The van der Waals surface area contributed by atoms with E-state index >= 15 is 0 Å². The van der Waals surface area contributed by atoms with E-state index in [0.29, 0.717) is 24.5 Å². The van der Waals surface area contributed by atoms with Crippen LogP contribution in [-0.2, 0) is 16.1 Å². The molecule has 3 aromatic rings. The first-order valence-corrected chi connectivity index (χ1v) is 10.5. The monoisotopic (exact) mass is 437 g/mol. The van der Waals surface area contributed by atoms with Crippen molar-refractivity contribution in [1.29, 1.82) is 0 Å². The summed E-state index contributed by atoms with van der Waals surface area (Å²) in [6.07, 6.45) is 1.92. The number of rotatable bonds is 8.